The van der Waals surface area contributed by atoms with Gasteiger partial charge in [-0.15, -0.1) is 0 Å². The predicted octanol–water partition coefficient (Wildman–Crippen LogP) is 3.66. The van der Waals surface area contributed by atoms with E-state index < -0.39 is 0 Å². The molecule has 1 aromatic carbocycles. The van der Waals surface area contributed by atoms with Crippen molar-refractivity contribution in [3.63, 3.8) is 0 Å². The summed E-state index contributed by atoms with van der Waals surface area (Å²) in [4.78, 5) is 14.9. The summed E-state index contributed by atoms with van der Waals surface area (Å²) >= 11 is 0. The van der Waals surface area contributed by atoms with Crippen LogP contribution in [0.1, 0.15) is 46.6 Å². The molecule has 0 spiro atoms. The first kappa shape index (κ1) is 17.6. The van der Waals surface area contributed by atoms with Gasteiger partial charge in [0.1, 0.15) is 5.82 Å². The molecular weight excluding hydrogens is 317 g/mol. The minimum absolute atomic E-state index is 0.106. The Kier molecular flexibility index (Phi) is 5.21. The van der Waals surface area contributed by atoms with Crippen LogP contribution in [-0.4, -0.2) is 33.7 Å². The van der Waals surface area contributed by atoms with Crippen molar-refractivity contribution in [2.45, 2.75) is 39.5 Å². The number of piperidine rings is 1. The number of carbonyl (C=O) groups excluding carboxylic acids is 1. The van der Waals surface area contributed by atoms with Gasteiger partial charge in [-0.25, -0.2) is 4.39 Å². The highest BCUT2D eigenvalue weighted by molar-refractivity contribution is 5.96. The van der Waals surface area contributed by atoms with E-state index >= 15 is 0 Å². The summed E-state index contributed by atoms with van der Waals surface area (Å²) in [5, 5.41) is 4.37. The fourth-order valence-corrected chi connectivity index (χ4v) is 3.75. The number of benzene rings is 1. The molecule has 1 saturated heterocycles. The first-order chi connectivity index (χ1) is 12.0. The van der Waals surface area contributed by atoms with E-state index in [1.807, 2.05) is 37.9 Å². The summed E-state index contributed by atoms with van der Waals surface area (Å²) < 4.78 is 14.8. The lowest BCUT2D eigenvalue weighted by Gasteiger charge is -2.33. The average molecular weight is 343 g/mol. The predicted molar refractivity (Wildman–Crippen MR) is 96.0 cm³/mol. The highest BCUT2D eigenvalue weighted by atomic mass is 19.1. The van der Waals surface area contributed by atoms with Crippen LogP contribution < -0.4 is 0 Å². The Morgan fingerprint density at radius 3 is 2.64 bits per heavy atom. The van der Waals surface area contributed by atoms with Gasteiger partial charge in [0.25, 0.3) is 5.91 Å². The van der Waals surface area contributed by atoms with Crippen molar-refractivity contribution in [3.05, 3.63) is 52.6 Å². The van der Waals surface area contributed by atoms with Gasteiger partial charge in [0.05, 0.1) is 11.3 Å². The van der Waals surface area contributed by atoms with E-state index in [1.54, 1.807) is 4.68 Å². The van der Waals surface area contributed by atoms with Crippen molar-refractivity contribution in [2.24, 2.45) is 13.0 Å². The molecule has 1 aliphatic heterocycles. The zero-order chi connectivity index (χ0) is 18.0. The molecule has 134 valence electrons. The molecule has 0 saturated carbocycles. The Labute approximate surface area is 148 Å². The molecule has 2 heterocycles. The molecule has 1 aliphatic rings. The van der Waals surface area contributed by atoms with Crippen LogP contribution in [0, 0.1) is 25.6 Å². The van der Waals surface area contributed by atoms with E-state index in [9.17, 15) is 9.18 Å². The van der Waals surface area contributed by atoms with Crippen LogP contribution in [0.2, 0.25) is 0 Å². The molecule has 1 atom stereocenters. The first-order valence-electron chi connectivity index (χ1n) is 8.99. The van der Waals surface area contributed by atoms with Gasteiger partial charge in [0.2, 0.25) is 0 Å². The van der Waals surface area contributed by atoms with Crippen LogP contribution in [0.3, 0.4) is 0 Å². The fourth-order valence-electron chi connectivity index (χ4n) is 3.75. The van der Waals surface area contributed by atoms with E-state index in [0.717, 1.165) is 61.3 Å². The Morgan fingerprint density at radius 1 is 1.28 bits per heavy atom. The lowest BCUT2D eigenvalue weighted by Crippen LogP contribution is -2.40. The minimum Gasteiger partial charge on any atom is -0.338 e. The van der Waals surface area contributed by atoms with Gasteiger partial charge in [0, 0.05) is 25.8 Å². The van der Waals surface area contributed by atoms with Crippen LogP contribution in [-0.2, 0) is 13.5 Å². The molecule has 1 aromatic heterocycles. The Bertz CT molecular complexity index is 751. The summed E-state index contributed by atoms with van der Waals surface area (Å²) in [5.74, 6) is 0.412. The molecule has 0 bridgehead atoms. The maximum atomic E-state index is 13.0. The molecule has 3 rings (SSSR count). The molecule has 5 heteroatoms. The van der Waals surface area contributed by atoms with Gasteiger partial charge in [-0.05, 0) is 63.1 Å². The third kappa shape index (κ3) is 3.91. The maximum absolute atomic E-state index is 13.0. The minimum atomic E-state index is -0.194. The molecular formula is C20H26FN3O. The largest absolute Gasteiger partial charge is 0.338 e. The summed E-state index contributed by atoms with van der Waals surface area (Å²) in [5.41, 5.74) is 3.64. The molecule has 1 amide bonds. The van der Waals surface area contributed by atoms with Crippen molar-refractivity contribution in [1.29, 1.82) is 0 Å². The molecule has 0 aliphatic carbocycles. The van der Waals surface area contributed by atoms with Crippen LogP contribution in [0.4, 0.5) is 4.39 Å². The van der Waals surface area contributed by atoms with Crippen molar-refractivity contribution in [2.75, 3.05) is 13.1 Å². The molecule has 0 radical (unpaired) electrons. The molecule has 0 N–H and O–H groups in total. The number of halogens is 1. The maximum Gasteiger partial charge on any atom is 0.257 e. The number of aromatic nitrogens is 2. The second-order valence-electron chi connectivity index (χ2n) is 7.09. The Hall–Kier alpha value is -2.17. The van der Waals surface area contributed by atoms with E-state index in [1.165, 1.54) is 12.1 Å². The standard InChI is InChI=1S/C20H26FN3O/c1-14-19(15(2)23(3)22-14)20(25)24-12-4-5-17(13-24)7-6-16-8-10-18(21)11-9-16/h8-11,17H,4-7,12-13H2,1-3H3/t17-/m0/s1. The highest BCUT2D eigenvalue weighted by Crippen LogP contribution is 2.24. The first-order valence-corrected chi connectivity index (χ1v) is 8.99. The normalized spacial score (nSPS) is 17.8. The topological polar surface area (TPSA) is 38.1 Å². The molecule has 25 heavy (non-hydrogen) atoms. The van der Waals surface area contributed by atoms with Crippen LogP contribution >= 0.6 is 0 Å². The number of hydrogen-bond donors (Lipinski definition) is 0. The zero-order valence-electron chi connectivity index (χ0n) is 15.3. The molecule has 1 fully saturated rings. The van der Waals surface area contributed by atoms with Crippen LogP contribution in [0.25, 0.3) is 0 Å². The summed E-state index contributed by atoms with van der Waals surface area (Å²) in [6.45, 7) is 5.47. The number of rotatable bonds is 4. The van der Waals surface area contributed by atoms with Gasteiger partial charge in [-0.2, -0.15) is 5.10 Å². The molecule has 4 nitrogen and oxygen atoms in total. The van der Waals surface area contributed by atoms with Gasteiger partial charge < -0.3 is 4.90 Å². The van der Waals surface area contributed by atoms with Gasteiger partial charge in [-0.3, -0.25) is 9.48 Å². The van der Waals surface area contributed by atoms with E-state index in [-0.39, 0.29) is 11.7 Å². The fraction of sp³-hybridized carbons (Fsp3) is 0.500. The number of aryl methyl sites for hydroxylation is 3. The Morgan fingerprint density at radius 2 is 2.00 bits per heavy atom. The van der Waals surface area contributed by atoms with Crippen molar-refractivity contribution in [1.82, 2.24) is 14.7 Å². The summed E-state index contributed by atoms with van der Waals surface area (Å²) in [7, 11) is 1.88. The quantitative estimate of drug-likeness (QED) is 0.850. The third-order valence-corrected chi connectivity index (χ3v) is 5.28. The number of hydrogen-bond acceptors (Lipinski definition) is 2. The highest BCUT2D eigenvalue weighted by Gasteiger charge is 2.27. The van der Waals surface area contributed by atoms with Gasteiger partial charge in [-0.1, -0.05) is 12.1 Å². The van der Waals surface area contributed by atoms with Crippen LogP contribution in [0.5, 0.6) is 0 Å². The monoisotopic (exact) mass is 343 g/mol. The number of nitrogens with zero attached hydrogens (tertiary/aromatic N) is 3. The van der Waals surface area contributed by atoms with E-state index in [4.69, 9.17) is 0 Å². The SMILES string of the molecule is Cc1nn(C)c(C)c1C(=O)N1CCC[C@@H](CCc2ccc(F)cc2)C1. The summed E-state index contributed by atoms with van der Waals surface area (Å²) in [6, 6.07) is 6.73. The zero-order valence-corrected chi connectivity index (χ0v) is 15.3. The number of likely N-dealkylation sites (tertiary alicyclic amines) is 1. The van der Waals surface area contributed by atoms with Gasteiger partial charge in [0.15, 0.2) is 0 Å². The van der Waals surface area contributed by atoms with Crippen molar-refractivity contribution >= 4 is 5.91 Å². The number of carbonyl (C=O) groups is 1. The van der Waals surface area contributed by atoms with Crippen molar-refractivity contribution < 1.29 is 9.18 Å². The smallest absolute Gasteiger partial charge is 0.257 e. The second-order valence-corrected chi connectivity index (χ2v) is 7.09. The lowest BCUT2D eigenvalue weighted by atomic mass is 9.91. The number of amides is 1. The molecule has 2 aromatic rings. The Balaban J connectivity index is 1.62. The molecule has 0 unspecified atom stereocenters. The van der Waals surface area contributed by atoms with E-state index in [2.05, 4.69) is 5.10 Å². The van der Waals surface area contributed by atoms with Crippen molar-refractivity contribution in [3.8, 4) is 0 Å². The second kappa shape index (κ2) is 7.38. The summed E-state index contributed by atoms with van der Waals surface area (Å²) in [6.07, 6.45) is 4.15. The lowest BCUT2D eigenvalue weighted by molar-refractivity contribution is 0.0666. The van der Waals surface area contributed by atoms with Gasteiger partial charge >= 0.3 is 0 Å². The van der Waals surface area contributed by atoms with Crippen LogP contribution in [0.15, 0.2) is 24.3 Å². The van der Waals surface area contributed by atoms with E-state index in [0.29, 0.717) is 5.92 Å². The third-order valence-electron chi connectivity index (χ3n) is 5.28. The average Bonchev–Trinajstić information content (AvgIpc) is 2.86.